The molecular weight excluding hydrogens is 233 g/mol. The highest BCUT2D eigenvalue weighted by Crippen LogP contribution is 2.16. The monoisotopic (exact) mass is 245 g/mol. The molecule has 0 amide bonds. The second-order valence-corrected chi connectivity index (χ2v) is 3.72. The number of halogens is 2. The first-order valence-corrected chi connectivity index (χ1v) is 5.28. The lowest BCUT2D eigenvalue weighted by atomic mass is 10.1. The van der Waals surface area contributed by atoms with Crippen molar-refractivity contribution in [1.29, 1.82) is 0 Å². The molecule has 1 aromatic rings. The number of hydrogen-bond donors (Lipinski definition) is 1. The molecule has 16 heavy (non-hydrogen) atoms. The molecule has 2 N–H and O–H groups in total. The molecular formula is C11H13ClFNO2. The molecule has 0 aliphatic heterocycles. The van der Waals surface area contributed by atoms with Gasteiger partial charge in [-0.25, -0.2) is 4.39 Å². The summed E-state index contributed by atoms with van der Waals surface area (Å²) >= 11 is 5.61. The van der Waals surface area contributed by atoms with E-state index in [1.165, 1.54) is 12.1 Å². The molecule has 3 nitrogen and oxygen atoms in total. The first-order valence-electron chi connectivity index (χ1n) is 4.90. The highest BCUT2D eigenvalue weighted by atomic mass is 35.5. The maximum Gasteiger partial charge on any atom is 0.323 e. The molecule has 0 aliphatic rings. The van der Waals surface area contributed by atoms with Gasteiger partial charge < -0.3 is 10.5 Å². The predicted molar refractivity (Wildman–Crippen MR) is 59.7 cm³/mol. The molecule has 0 aliphatic carbocycles. The summed E-state index contributed by atoms with van der Waals surface area (Å²) in [5.41, 5.74) is 6.31. The number of ether oxygens (including phenoxy) is 1. The molecule has 88 valence electrons. The Balaban J connectivity index is 2.66. The number of hydrogen-bond acceptors (Lipinski definition) is 3. The van der Waals surface area contributed by atoms with Gasteiger partial charge in [-0.2, -0.15) is 0 Å². The molecule has 0 fully saturated rings. The van der Waals surface area contributed by atoms with E-state index < -0.39 is 17.8 Å². The molecule has 0 bridgehead atoms. The second-order valence-electron chi connectivity index (χ2n) is 3.31. The van der Waals surface area contributed by atoms with E-state index in [9.17, 15) is 9.18 Å². The Bertz CT molecular complexity index is 384. The zero-order chi connectivity index (χ0) is 12.1. The van der Waals surface area contributed by atoms with Gasteiger partial charge in [-0.15, -0.1) is 0 Å². The van der Waals surface area contributed by atoms with Gasteiger partial charge >= 0.3 is 5.97 Å². The van der Waals surface area contributed by atoms with Crippen molar-refractivity contribution >= 4 is 17.6 Å². The Morgan fingerprint density at radius 2 is 2.31 bits per heavy atom. The molecule has 1 aromatic carbocycles. The topological polar surface area (TPSA) is 52.3 Å². The number of carbonyl (C=O) groups excluding carboxylic acids is 1. The fourth-order valence-electron chi connectivity index (χ4n) is 1.25. The van der Waals surface area contributed by atoms with Crippen LogP contribution in [-0.4, -0.2) is 18.6 Å². The van der Waals surface area contributed by atoms with Crippen LogP contribution in [0, 0.1) is 5.82 Å². The van der Waals surface area contributed by atoms with Crippen LogP contribution in [0.15, 0.2) is 18.2 Å². The van der Waals surface area contributed by atoms with Crippen molar-refractivity contribution < 1.29 is 13.9 Å². The van der Waals surface area contributed by atoms with Crippen LogP contribution in [0.2, 0.25) is 5.02 Å². The third-order valence-electron chi connectivity index (χ3n) is 2.03. The van der Waals surface area contributed by atoms with Gasteiger partial charge in [-0.1, -0.05) is 17.7 Å². The quantitative estimate of drug-likeness (QED) is 0.825. The fraction of sp³-hybridized carbons (Fsp3) is 0.364. The van der Waals surface area contributed by atoms with Crippen LogP contribution in [0.1, 0.15) is 12.5 Å². The largest absolute Gasteiger partial charge is 0.465 e. The third kappa shape index (κ3) is 3.47. The summed E-state index contributed by atoms with van der Waals surface area (Å²) in [6.07, 6.45) is 0.277. The molecule has 1 rings (SSSR count). The SMILES string of the molecule is CCOC(=O)[C@H](N)Cc1ccc(F)c(Cl)c1. The lowest BCUT2D eigenvalue weighted by Gasteiger charge is -2.10. The molecule has 0 heterocycles. The van der Waals surface area contributed by atoms with Crippen molar-refractivity contribution in [2.45, 2.75) is 19.4 Å². The van der Waals surface area contributed by atoms with E-state index in [1.807, 2.05) is 0 Å². The van der Waals surface area contributed by atoms with Crippen LogP contribution in [0.4, 0.5) is 4.39 Å². The Labute approximate surface area is 98.3 Å². The summed E-state index contributed by atoms with van der Waals surface area (Å²) in [5, 5.41) is 0.0218. The van der Waals surface area contributed by atoms with Crippen LogP contribution in [0.25, 0.3) is 0 Å². The summed E-state index contributed by atoms with van der Waals surface area (Å²) in [4.78, 5) is 11.2. The third-order valence-corrected chi connectivity index (χ3v) is 2.32. The molecule has 0 unspecified atom stereocenters. The molecule has 0 radical (unpaired) electrons. The van der Waals surface area contributed by atoms with Gasteiger partial charge in [0, 0.05) is 0 Å². The van der Waals surface area contributed by atoms with E-state index in [4.69, 9.17) is 22.1 Å². The first-order chi connectivity index (χ1) is 7.54. The Hall–Kier alpha value is -1.13. The van der Waals surface area contributed by atoms with Crippen molar-refractivity contribution in [3.63, 3.8) is 0 Å². The van der Waals surface area contributed by atoms with E-state index in [2.05, 4.69) is 0 Å². The van der Waals surface area contributed by atoms with Crippen LogP contribution in [-0.2, 0) is 16.0 Å². The Morgan fingerprint density at radius 3 is 2.88 bits per heavy atom. The standard InChI is InChI=1S/C11H13ClFNO2/c1-2-16-11(15)10(14)6-7-3-4-9(13)8(12)5-7/h3-5,10H,2,6,14H2,1H3/t10-/m1/s1. The maximum absolute atomic E-state index is 12.9. The Kier molecular flexibility index (Phi) is 4.71. The minimum Gasteiger partial charge on any atom is -0.465 e. The molecule has 1 atom stereocenters. The fourth-order valence-corrected chi connectivity index (χ4v) is 1.46. The van der Waals surface area contributed by atoms with E-state index in [0.717, 1.165) is 0 Å². The molecule has 5 heteroatoms. The van der Waals surface area contributed by atoms with E-state index >= 15 is 0 Å². The van der Waals surface area contributed by atoms with Crippen LogP contribution < -0.4 is 5.73 Å². The number of rotatable bonds is 4. The summed E-state index contributed by atoms with van der Waals surface area (Å²) in [5.74, 6) is -0.960. The smallest absolute Gasteiger partial charge is 0.323 e. The molecule has 0 saturated carbocycles. The highest BCUT2D eigenvalue weighted by molar-refractivity contribution is 6.30. The van der Waals surface area contributed by atoms with Gasteiger partial charge in [0.1, 0.15) is 11.9 Å². The molecule has 0 spiro atoms. The number of carbonyl (C=O) groups is 1. The predicted octanol–water partition coefficient (Wildman–Crippen LogP) is 1.91. The van der Waals surface area contributed by atoms with E-state index in [0.29, 0.717) is 5.56 Å². The van der Waals surface area contributed by atoms with Crippen molar-refractivity contribution in [3.05, 3.63) is 34.6 Å². The first kappa shape index (κ1) is 12.9. The van der Waals surface area contributed by atoms with Gasteiger partial charge in [-0.3, -0.25) is 4.79 Å². The zero-order valence-electron chi connectivity index (χ0n) is 8.87. The average molecular weight is 246 g/mol. The van der Waals surface area contributed by atoms with Crippen molar-refractivity contribution in [2.24, 2.45) is 5.73 Å². The number of nitrogens with two attached hydrogens (primary N) is 1. The van der Waals surface area contributed by atoms with Gasteiger partial charge in [-0.05, 0) is 31.0 Å². The average Bonchev–Trinajstić information content (AvgIpc) is 2.24. The number of benzene rings is 1. The van der Waals surface area contributed by atoms with Gasteiger partial charge in [0.15, 0.2) is 0 Å². The van der Waals surface area contributed by atoms with Gasteiger partial charge in [0.05, 0.1) is 11.6 Å². The molecule has 0 aromatic heterocycles. The van der Waals surface area contributed by atoms with Crippen LogP contribution in [0.5, 0.6) is 0 Å². The minimum atomic E-state index is -0.749. The Morgan fingerprint density at radius 1 is 1.62 bits per heavy atom. The summed E-state index contributed by atoms with van der Waals surface area (Å²) in [7, 11) is 0. The van der Waals surface area contributed by atoms with Crippen molar-refractivity contribution in [1.82, 2.24) is 0 Å². The molecule has 0 saturated heterocycles. The van der Waals surface area contributed by atoms with E-state index in [-0.39, 0.29) is 18.1 Å². The summed E-state index contributed by atoms with van der Waals surface area (Å²) < 4.78 is 17.6. The second kappa shape index (κ2) is 5.82. The zero-order valence-corrected chi connectivity index (χ0v) is 9.63. The van der Waals surface area contributed by atoms with E-state index in [1.54, 1.807) is 13.0 Å². The van der Waals surface area contributed by atoms with Crippen LogP contribution >= 0.6 is 11.6 Å². The van der Waals surface area contributed by atoms with Crippen LogP contribution in [0.3, 0.4) is 0 Å². The van der Waals surface area contributed by atoms with Gasteiger partial charge in [0.2, 0.25) is 0 Å². The lowest BCUT2D eigenvalue weighted by Crippen LogP contribution is -2.34. The lowest BCUT2D eigenvalue weighted by molar-refractivity contribution is -0.144. The summed E-state index contributed by atoms with van der Waals surface area (Å²) in [6.45, 7) is 2.00. The highest BCUT2D eigenvalue weighted by Gasteiger charge is 2.15. The van der Waals surface area contributed by atoms with Crippen molar-refractivity contribution in [2.75, 3.05) is 6.61 Å². The maximum atomic E-state index is 12.9. The van der Waals surface area contributed by atoms with Gasteiger partial charge in [0.25, 0.3) is 0 Å². The normalized spacial score (nSPS) is 12.2. The minimum absolute atomic E-state index is 0.0218. The van der Waals surface area contributed by atoms with Crippen molar-refractivity contribution in [3.8, 4) is 0 Å². The summed E-state index contributed by atoms with van der Waals surface area (Å²) in [6, 6.07) is 3.49. The number of esters is 1.